The molecule has 4 heteroatoms. The number of hydrogen-bond donors (Lipinski definition) is 1. The number of likely N-dealkylation sites (tertiary alicyclic amines) is 1. The quantitative estimate of drug-likeness (QED) is 0.873. The summed E-state index contributed by atoms with van der Waals surface area (Å²) in [5, 5.41) is 9.49. The third kappa shape index (κ3) is 2.13. The second-order valence-corrected chi connectivity index (χ2v) is 4.66. The van der Waals surface area contributed by atoms with E-state index in [9.17, 15) is 5.11 Å². The number of fused-ring (bicyclic) bond motifs is 1. The molecule has 1 aliphatic rings. The summed E-state index contributed by atoms with van der Waals surface area (Å²) in [6.07, 6.45) is 7.18. The average Bonchev–Trinajstić information content (AvgIpc) is 2.94. The molecule has 1 N–H and O–H groups in total. The molecule has 90 valence electrons. The predicted octanol–water partition coefficient (Wildman–Crippen LogP) is 1.68. The molecule has 0 bridgehead atoms. The van der Waals surface area contributed by atoms with Crippen LogP contribution in [0.4, 0.5) is 0 Å². The summed E-state index contributed by atoms with van der Waals surface area (Å²) in [5.41, 5.74) is 1.04. The maximum absolute atomic E-state index is 9.49. The van der Waals surface area contributed by atoms with E-state index in [1.54, 1.807) is 12.3 Å². The molecule has 0 amide bonds. The monoisotopic (exact) mass is 231 g/mol. The Morgan fingerprint density at radius 2 is 2.06 bits per heavy atom. The summed E-state index contributed by atoms with van der Waals surface area (Å²) in [4.78, 5) is 6.90. The Hall–Kier alpha value is -1.55. The molecule has 17 heavy (non-hydrogen) atoms. The zero-order valence-electron chi connectivity index (χ0n) is 9.84. The molecule has 2 aromatic rings. The van der Waals surface area contributed by atoms with Crippen molar-refractivity contribution in [2.24, 2.45) is 0 Å². The molecule has 1 saturated heterocycles. The van der Waals surface area contributed by atoms with Crippen LogP contribution in [0.3, 0.4) is 0 Å². The van der Waals surface area contributed by atoms with E-state index in [4.69, 9.17) is 0 Å². The van der Waals surface area contributed by atoms with E-state index in [1.165, 1.54) is 25.9 Å². The first-order chi connectivity index (χ1) is 8.33. The molecular weight excluding hydrogens is 214 g/mol. The third-order valence-corrected chi connectivity index (χ3v) is 3.44. The van der Waals surface area contributed by atoms with Crippen LogP contribution in [0.15, 0.2) is 24.5 Å². The highest BCUT2D eigenvalue weighted by atomic mass is 16.3. The number of nitrogens with zero attached hydrogens (tertiary/aromatic N) is 3. The summed E-state index contributed by atoms with van der Waals surface area (Å²) >= 11 is 0. The second kappa shape index (κ2) is 4.37. The van der Waals surface area contributed by atoms with Crippen LogP contribution in [0.2, 0.25) is 0 Å². The Balaban J connectivity index is 1.77. The van der Waals surface area contributed by atoms with Gasteiger partial charge in [-0.3, -0.25) is 4.40 Å². The van der Waals surface area contributed by atoms with E-state index in [0.29, 0.717) is 0 Å². The Bertz CT molecular complexity index is 514. The van der Waals surface area contributed by atoms with Crippen LogP contribution >= 0.6 is 0 Å². The van der Waals surface area contributed by atoms with E-state index in [2.05, 4.69) is 9.88 Å². The summed E-state index contributed by atoms with van der Waals surface area (Å²) < 4.78 is 1.98. The highest BCUT2D eigenvalue weighted by molar-refractivity contribution is 5.48. The van der Waals surface area contributed by atoms with Gasteiger partial charge in [0.25, 0.3) is 0 Å². The fourth-order valence-corrected chi connectivity index (χ4v) is 2.48. The van der Waals surface area contributed by atoms with Crippen molar-refractivity contribution in [3.05, 3.63) is 30.4 Å². The molecule has 0 unspecified atom stereocenters. The summed E-state index contributed by atoms with van der Waals surface area (Å²) in [7, 11) is 0. The van der Waals surface area contributed by atoms with Crippen LogP contribution < -0.4 is 0 Å². The summed E-state index contributed by atoms with van der Waals surface area (Å²) in [6, 6.07) is 3.59. The minimum absolute atomic E-state index is 0.290. The van der Waals surface area contributed by atoms with Gasteiger partial charge in [0, 0.05) is 13.0 Å². The molecule has 0 aliphatic carbocycles. The first-order valence-electron chi connectivity index (χ1n) is 6.20. The topological polar surface area (TPSA) is 40.8 Å². The normalized spacial score (nSPS) is 16.9. The molecule has 0 aromatic carbocycles. The predicted molar refractivity (Wildman–Crippen MR) is 66.2 cm³/mol. The molecule has 3 rings (SSSR count). The number of pyridine rings is 1. The van der Waals surface area contributed by atoms with Crippen molar-refractivity contribution < 1.29 is 5.11 Å². The number of aromatic hydroxyl groups is 1. The van der Waals surface area contributed by atoms with Crippen molar-refractivity contribution in [3.8, 4) is 5.75 Å². The van der Waals surface area contributed by atoms with Crippen LogP contribution in [0.5, 0.6) is 5.75 Å². The van der Waals surface area contributed by atoms with E-state index in [0.717, 1.165) is 24.3 Å². The van der Waals surface area contributed by atoms with Crippen LogP contribution in [-0.4, -0.2) is 39.0 Å². The van der Waals surface area contributed by atoms with Crippen LogP contribution in [0, 0.1) is 0 Å². The SMILES string of the molecule is Oc1ccc2cnc(CCN3CCCC3)n2c1. The van der Waals surface area contributed by atoms with E-state index < -0.39 is 0 Å². The lowest BCUT2D eigenvalue weighted by Gasteiger charge is -2.13. The zero-order valence-corrected chi connectivity index (χ0v) is 9.84. The van der Waals surface area contributed by atoms with E-state index >= 15 is 0 Å². The molecule has 0 atom stereocenters. The first-order valence-corrected chi connectivity index (χ1v) is 6.20. The highest BCUT2D eigenvalue weighted by Gasteiger charge is 2.12. The second-order valence-electron chi connectivity index (χ2n) is 4.66. The lowest BCUT2D eigenvalue weighted by molar-refractivity contribution is 0.340. The fraction of sp³-hybridized carbons (Fsp3) is 0.462. The van der Waals surface area contributed by atoms with Gasteiger partial charge in [-0.25, -0.2) is 4.98 Å². The van der Waals surface area contributed by atoms with E-state index in [1.807, 2.05) is 16.7 Å². The van der Waals surface area contributed by atoms with Gasteiger partial charge in [-0.1, -0.05) is 0 Å². The van der Waals surface area contributed by atoms with Gasteiger partial charge in [0.1, 0.15) is 11.6 Å². The zero-order chi connectivity index (χ0) is 11.7. The van der Waals surface area contributed by atoms with Gasteiger partial charge in [-0.05, 0) is 38.1 Å². The summed E-state index contributed by atoms with van der Waals surface area (Å²) in [6.45, 7) is 3.50. The molecule has 4 nitrogen and oxygen atoms in total. The molecule has 1 fully saturated rings. The average molecular weight is 231 g/mol. The lowest BCUT2D eigenvalue weighted by atomic mass is 10.3. The van der Waals surface area contributed by atoms with Crippen LogP contribution in [0.1, 0.15) is 18.7 Å². The van der Waals surface area contributed by atoms with Crippen molar-refractivity contribution in [1.29, 1.82) is 0 Å². The first kappa shape index (κ1) is 10.6. The Kier molecular flexibility index (Phi) is 2.73. The number of aromatic nitrogens is 2. The van der Waals surface area contributed by atoms with Gasteiger partial charge in [0.05, 0.1) is 17.9 Å². The number of rotatable bonds is 3. The maximum atomic E-state index is 9.49. The smallest absolute Gasteiger partial charge is 0.132 e. The lowest BCUT2D eigenvalue weighted by Crippen LogP contribution is -2.22. The number of hydrogen-bond acceptors (Lipinski definition) is 3. The van der Waals surface area contributed by atoms with Crippen molar-refractivity contribution >= 4 is 5.52 Å². The summed E-state index contributed by atoms with van der Waals surface area (Å²) in [5.74, 6) is 1.32. The van der Waals surface area contributed by atoms with Crippen LogP contribution in [0.25, 0.3) is 5.52 Å². The Morgan fingerprint density at radius 3 is 2.88 bits per heavy atom. The fourth-order valence-electron chi connectivity index (χ4n) is 2.48. The van der Waals surface area contributed by atoms with Crippen molar-refractivity contribution in [2.75, 3.05) is 19.6 Å². The molecular formula is C13H17N3O. The Morgan fingerprint density at radius 1 is 1.24 bits per heavy atom. The highest BCUT2D eigenvalue weighted by Crippen LogP contribution is 2.15. The van der Waals surface area contributed by atoms with Crippen LogP contribution in [-0.2, 0) is 6.42 Å². The van der Waals surface area contributed by atoms with Gasteiger partial charge < -0.3 is 10.0 Å². The molecule has 0 saturated carbocycles. The third-order valence-electron chi connectivity index (χ3n) is 3.44. The molecule has 0 radical (unpaired) electrons. The Labute approximate surface area is 101 Å². The minimum atomic E-state index is 0.290. The minimum Gasteiger partial charge on any atom is -0.506 e. The number of imidazole rings is 1. The van der Waals surface area contributed by atoms with Gasteiger partial charge in [-0.2, -0.15) is 0 Å². The standard InChI is InChI=1S/C13H17N3O/c17-12-4-3-11-9-14-13(16(11)10-12)5-8-15-6-1-2-7-15/h3-4,9-10,17H,1-2,5-8H2. The van der Waals surface area contributed by atoms with Crippen molar-refractivity contribution in [2.45, 2.75) is 19.3 Å². The molecule has 3 heterocycles. The largest absolute Gasteiger partial charge is 0.506 e. The van der Waals surface area contributed by atoms with Gasteiger partial charge in [0.15, 0.2) is 0 Å². The van der Waals surface area contributed by atoms with Crippen molar-refractivity contribution in [1.82, 2.24) is 14.3 Å². The van der Waals surface area contributed by atoms with Gasteiger partial charge in [-0.15, -0.1) is 0 Å². The van der Waals surface area contributed by atoms with Gasteiger partial charge in [0.2, 0.25) is 0 Å². The maximum Gasteiger partial charge on any atom is 0.132 e. The molecule has 2 aromatic heterocycles. The molecule has 0 spiro atoms. The van der Waals surface area contributed by atoms with E-state index in [-0.39, 0.29) is 5.75 Å². The van der Waals surface area contributed by atoms with Crippen molar-refractivity contribution in [3.63, 3.8) is 0 Å². The van der Waals surface area contributed by atoms with Gasteiger partial charge >= 0.3 is 0 Å². The molecule has 1 aliphatic heterocycles.